The average Bonchev–Trinajstić information content (AvgIpc) is 2.62. The van der Waals surface area contributed by atoms with Gasteiger partial charge < -0.3 is 5.73 Å². The summed E-state index contributed by atoms with van der Waals surface area (Å²) in [6, 6.07) is 0. The number of hydrogen-bond donors (Lipinski definition) is 1. The minimum atomic E-state index is 0.207. The molecule has 0 aromatic rings. The monoisotopic (exact) mass is 349 g/mol. The lowest BCUT2D eigenvalue weighted by molar-refractivity contribution is 0.269. The van der Waals surface area contributed by atoms with E-state index in [2.05, 4.69) is 19.1 Å². The van der Waals surface area contributed by atoms with Gasteiger partial charge >= 0.3 is 0 Å². The first-order valence-corrected chi connectivity index (χ1v) is 11.7. The van der Waals surface area contributed by atoms with Crippen LogP contribution in [0.3, 0.4) is 0 Å². The van der Waals surface area contributed by atoms with Crippen LogP contribution in [0.2, 0.25) is 0 Å². The van der Waals surface area contributed by atoms with Crippen LogP contribution in [0.1, 0.15) is 135 Å². The van der Waals surface area contributed by atoms with Crippen molar-refractivity contribution in [2.75, 3.05) is 0 Å². The molecule has 0 spiro atoms. The third-order valence-electron chi connectivity index (χ3n) is 6.04. The maximum atomic E-state index is 6.51. The summed E-state index contributed by atoms with van der Waals surface area (Å²) in [5.74, 6) is 0. The molecule has 1 saturated carbocycles. The van der Waals surface area contributed by atoms with Crippen LogP contribution in [0.5, 0.6) is 0 Å². The van der Waals surface area contributed by atoms with E-state index in [4.69, 9.17) is 5.73 Å². The first kappa shape index (κ1) is 22.7. The van der Waals surface area contributed by atoms with E-state index < -0.39 is 0 Å². The van der Waals surface area contributed by atoms with Crippen LogP contribution < -0.4 is 5.73 Å². The highest BCUT2D eigenvalue weighted by molar-refractivity contribution is 4.86. The number of unbranched alkanes of at least 4 members (excludes halogenated alkanes) is 12. The number of allylic oxidation sites excluding steroid dienone is 2. The van der Waals surface area contributed by atoms with E-state index in [0.29, 0.717) is 0 Å². The van der Waals surface area contributed by atoms with Crippen LogP contribution in [-0.4, -0.2) is 5.54 Å². The smallest absolute Gasteiger partial charge is 0.0154 e. The van der Waals surface area contributed by atoms with Gasteiger partial charge in [0.25, 0.3) is 0 Å². The molecule has 0 amide bonds. The molecule has 1 aliphatic rings. The second-order valence-corrected chi connectivity index (χ2v) is 8.61. The molecule has 0 unspecified atom stereocenters. The predicted octanol–water partition coefficient (Wildman–Crippen LogP) is 8.08. The largest absolute Gasteiger partial charge is 0.325 e. The van der Waals surface area contributed by atoms with Gasteiger partial charge in [-0.05, 0) is 44.9 Å². The molecule has 0 aliphatic heterocycles. The normalized spacial score (nSPS) is 17.4. The molecule has 1 nitrogen and oxygen atoms in total. The minimum Gasteiger partial charge on any atom is -0.325 e. The second kappa shape index (κ2) is 15.9. The van der Waals surface area contributed by atoms with Crippen molar-refractivity contribution in [2.45, 2.75) is 141 Å². The van der Waals surface area contributed by atoms with Crippen molar-refractivity contribution in [1.82, 2.24) is 0 Å². The lowest BCUT2D eigenvalue weighted by Crippen LogP contribution is -2.41. The van der Waals surface area contributed by atoms with Crippen LogP contribution in [0, 0.1) is 0 Å². The van der Waals surface area contributed by atoms with Crippen LogP contribution in [0.25, 0.3) is 0 Å². The summed E-state index contributed by atoms with van der Waals surface area (Å²) in [6.07, 6.45) is 32.2. The molecule has 25 heavy (non-hydrogen) atoms. The summed E-state index contributed by atoms with van der Waals surface area (Å²) in [5, 5.41) is 0. The Bertz CT molecular complexity index is 301. The molecular formula is C24H47N. The van der Waals surface area contributed by atoms with Gasteiger partial charge in [-0.25, -0.2) is 0 Å². The molecule has 0 aromatic heterocycles. The molecule has 1 heteroatoms. The highest BCUT2D eigenvalue weighted by Gasteiger charge is 2.26. The molecule has 0 radical (unpaired) electrons. The first-order chi connectivity index (χ1) is 12.3. The molecule has 148 valence electrons. The van der Waals surface area contributed by atoms with E-state index >= 15 is 0 Å². The fourth-order valence-electron chi connectivity index (χ4n) is 4.23. The molecule has 0 bridgehead atoms. The molecule has 2 N–H and O–H groups in total. The van der Waals surface area contributed by atoms with Crippen molar-refractivity contribution in [3.63, 3.8) is 0 Å². The van der Waals surface area contributed by atoms with Gasteiger partial charge in [0, 0.05) is 5.54 Å². The number of nitrogens with two attached hydrogens (primary N) is 1. The van der Waals surface area contributed by atoms with Crippen molar-refractivity contribution in [3.05, 3.63) is 12.2 Å². The third-order valence-corrected chi connectivity index (χ3v) is 6.04. The molecule has 0 atom stereocenters. The summed E-state index contributed by atoms with van der Waals surface area (Å²) in [6.45, 7) is 2.29. The van der Waals surface area contributed by atoms with E-state index in [9.17, 15) is 0 Å². The van der Waals surface area contributed by atoms with Gasteiger partial charge in [0.2, 0.25) is 0 Å². The van der Waals surface area contributed by atoms with E-state index in [1.807, 2.05) is 0 Å². The van der Waals surface area contributed by atoms with Gasteiger partial charge in [-0.2, -0.15) is 0 Å². The predicted molar refractivity (Wildman–Crippen MR) is 114 cm³/mol. The van der Waals surface area contributed by atoms with Crippen molar-refractivity contribution in [1.29, 1.82) is 0 Å². The summed E-state index contributed by atoms with van der Waals surface area (Å²) < 4.78 is 0. The van der Waals surface area contributed by atoms with Gasteiger partial charge in [0.05, 0.1) is 0 Å². The fourth-order valence-corrected chi connectivity index (χ4v) is 4.23. The van der Waals surface area contributed by atoms with Crippen molar-refractivity contribution in [2.24, 2.45) is 5.73 Å². The zero-order valence-corrected chi connectivity index (χ0v) is 17.4. The molecule has 0 heterocycles. The Balaban J connectivity index is 1.77. The zero-order chi connectivity index (χ0) is 18.1. The van der Waals surface area contributed by atoms with E-state index in [1.165, 1.54) is 128 Å². The molecule has 1 fully saturated rings. The summed E-state index contributed by atoms with van der Waals surface area (Å²) in [4.78, 5) is 0. The van der Waals surface area contributed by atoms with Crippen molar-refractivity contribution < 1.29 is 0 Å². The topological polar surface area (TPSA) is 26.0 Å². The molecule has 0 saturated heterocycles. The molecule has 0 aromatic carbocycles. The second-order valence-electron chi connectivity index (χ2n) is 8.61. The highest BCUT2D eigenvalue weighted by Crippen LogP contribution is 2.30. The Hall–Kier alpha value is -0.300. The minimum absolute atomic E-state index is 0.207. The van der Waals surface area contributed by atoms with Crippen LogP contribution in [0.15, 0.2) is 12.2 Å². The van der Waals surface area contributed by atoms with Crippen molar-refractivity contribution in [3.8, 4) is 0 Å². The highest BCUT2D eigenvalue weighted by atomic mass is 14.7. The van der Waals surface area contributed by atoms with Gasteiger partial charge in [-0.1, -0.05) is 103 Å². The van der Waals surface area contributed by atoms with Crippen LogP contribution >= 0.6 is 0 Å². The van der Waals surface area contributed by atoms with Gasteiger partial charge in [-0.3, -0.25) is 0 Å². The van der Waals surface area contributed by atoms with Gasteiger partial charge in [0.15, 0.2) is 0 Å². The lowest BCUT2D eigenvalue weighted by atomic mass is 9.79. The Labute approximate surface area is 159 Å². The summed E-state index contributed by atoms with van der Waals surface area (Å²) in [5.41, 5.74) is 6.72. The Kier molecular flexibility index (Phi) is 14.5. The maximum absolute atomic E-state index is 6.51. The number of rotatable bonds is 16. The number of hydrogen-bond acceptors (Lipinski definition) is 1. The van der Waals surface area contributed by atoms with Gasteiger partial charge in [0.1, 0.15) is 0 Å². The van der Waals surface area contributed by atoms with Crippen molar-refractivity contribution >= 4 is 0 Å². The van der Waals surface area contributed by atoms with E-state index in [0.717, 1.165) is 0 Å². The Morgan fingerprint density at radius 1 is 0.640 bits per heavy atom. The molecular weight excluding hydrogens is 302 g/mol. The molecule has 1 aliphatic carbocycles. The summed E-state index contributed by atoms with van der Waals surface area (Å²) in [7, 11) is 0. The van der Waals surface area contributed by atoms with Crippen LogP contribution in [-0.2, 0) is 0 Å². The van der Waals surface area contributed by atoms with Crippen LogP contribution in [0.4, 0.5) is 0 Å². The summed E-state index contributed by atoms with van der Waals surface area (Å²) >= 11 is 0. The quantitative estimate of drug-likeness (QED) is 0.221. The average molecular weight is 350 g/mol. The van der Waals surface area contributed by atoms with E-state index in [1.54, 1.807) is 0 Å². The van der Waals surface area contributed by atoms with E-state index in [-0.39, 0.29) is 5.54 Å². The molecule has 1 rings (SSSR count). The third kappa shape index (κ3) is 13.5. The lowest BCUT2D eigenvalue weighted by Gasteiger charge is -2.33. The SMILES string of the molecule is CCCCCCCCC=CCCCCCCCCC1(N)CCCCC1. The standard InChI is InChI=1S/C24H47N/c1-2-3-4-5-6-7-8-9-10-11-12-13-14-15-16-18-21-24(25)22-19-17-20-23-24/h9-10H,2-8,11-23,25H2,1H3. The maximum Gasteiger partial charge on any atom is 0.0154 e. The zero-order valence-electron chi connectivity index (χ0n) is 17.4. The first-order valence-electron chi connectivity index (χ1n) is 11.7. The fraction of sp³-hybridized carbons (Fsp3) is 0.917. The Morgan fingerprint density at radius 3 is 1.68 bits per heavy atom. The Morgan fingerprint density at radius 2 is 1.12 bits per heavy atom. The van der Waals surface area contributed by atoms with Gasteiger partial charge in [-0.15, -0.1) is 0 Å².